The molecule has 0 aliphatic heterocycles. The van der Waals surface area contributed by atoms with Crippen molar-refractivity contribution in [3.05, 3.63) is 11.4 Å². The lowest BCUT2D eigenvalue weighted by molar-refractivity contribution is -0.123. The van der Waals surface area contributed by atoms with Crippen molar-refractivity contribution < 1.29 is 4.79 Å². The van der Waals surface area contributed by atoms with Crippen LogP contribution in [-0.2, 0) is 4.79 Å². The fourth-order valence-electron chi connectivity index (χ4n) is 1.99. The second-order valence-electron chi connectivity index (χ2n) is 3.65. The summed E-state index contributed by atoms with van der Waals surface area (Å²) in [6, 6.07) is 0. The number of hydrogen-bond donors (Lipinski definition) is 0. The van der Waals surface area contributed by atoms with Gasteiger partial charge in [0.1, 0.15) is 0 Å². The van der Waals surface area contributed by atoms with Gasteiger partial charge in [-0.05, 0) is 12.3 Å². The molecule has 66 valence electrons. The topological polar surface area (TPSA) is 21.4 Å². The quantitative estimate of drug-likeness (QED) is 0.575. The molecule has 1 rings (SSSR count). The fourth-order valence-corrected chi connectivity index (χ4v) is 1.99. The molecule has 0 saturated heterocycles. The largest absolute Gasteiger partial charge is 0.309 e. The molecular formula is C10H15NO. The van der Waals surface area contributed by atoms with Crippen molar-refractivity contribution in [3.63, 3.8) is 0 Å². The summed E-state index contributed by atoms with van der Waals surface area (Å²) in [5.74, 6) is 0.859. The van der Waals surface area contributed by atoms with Crippen LogP contribution in [0.25, 0.3) is 4.85 Å². The summed E-state index contributed by atoms with van der Waals surface area (Å²) in [5, 5.41) is 0. The van der Waals surface area contributed by atoms with Gasteiger partial charge in [-0.25, -0.2) is 6.57 Å². The highest BCUT2D eigenvalue weighted by Gasteiger charge is 2.28. The zero-order valence-corrected chi connectivity index (χ0v) is 7.55. The maximum Gasteiger partial charge on any atom is 0.272 e. The monoisotopic (exact) mass is 165 g/mol. The Hall–Kier alpha value is -0.840. The molecule has 2 heteroatoms. The standard InChI is InChI=1S/C10H15NO/c1-8-5-3-4-6-9(8)10(12)7-11-2/h8-9H,3-7H2,1H3/t8-,9-/m1/s1. The molecule has 1 saturated carbocycles. The number of nitrogens with zero attached hydrogens (tertiary/aromatic N) is 1. The Bertz CT molecular complexity index is 204. The van der Waals surface area contributed by atoms with Crippen LogP contribution in [0.15, 0.2) is 0 Å². The van der Waals surface area contributed by atoms with Crippen molar-refractivity contribution >= 4 is 5.78 Å². The van der Waals surface area contributed by atoms with Crippen LogP contribution >= 0.6 is 0 Å². The minimum absolute atomic E-state index is 0.0923. The first-order valence-corrected chi connectivity index (χ1v) is 4.61. The first-order valence-electron chi connectivity index (χ1n) is 4.61. The number of ketones is 1. The Kier molecular flexibility index (Phi) is 3.28. The van der Waals surface area contributed by atoms with Gasteiger partial charge in [0.05, 0.1) is 0 Å². The fraction of sp³-hybridized carbons (Fsp3) is 0.800. The summed E-state index contributed by atoms with van der Waals surface area (Å²) < 4.78 is 0. The Morgan fingerprint density at radius 2 is 2.17 bits per heavy atom. The van der Waals surface area contributed by atoms with Crippen LogP contribution in [-0.4, -0.2) is 12.3 Å². The Morgan fingerprint density at radius 3 is 2.75 bits per heavy atom. The van der Waals surface area contributed by atoms with Gasteiger partial charge in [-0.1, -0.05) is 26.2 Å². The molecule has 0 N–H and O–H groups in total. The molecule has 2 atom stereocenters. The molecule has 1 fully saturated rings. The highest BCUT2D eigenvalue weighted by atomic mass is 16.1. The van der Waals surface area contributed by atoms with Crippen molar-refractivity contribution in [2.24, 2.45) is 11.8 Å². The Morgan fingerprint density at radius 1 is 1.50 bits per heavy atom. The molecule has 0 aromatic carbocycles. The van der Waals surface area contributed by atoms with Gasteiger partial charge in [-0.2, -0.15) is 0 Å². The third-order valence-electron chi connectivity index (χ3n) is 2.76. The maximum atomic E-state index is 11.4. The van der Waals surface area contributed by atoms with Crippen LogP contribution in [0, 0.1) is 18.4 Å². The van der Waals surface area contributed by atoms with Gasteiger partial charge >= 0.3 is 0 Å². The van der Waals surface area contributed by atoms with Crippen LogP contribution in [0.4, 0.5) is 0 Å². The van der Waals surface area contributed by atoms with Crippen molar-refractivity contribution in [2.75, 3.05) is 6.54 Å². The van der Waals surface area contributed by atoms with Crippen molar-refractivity contribution in [2.45, 2.75) is 32.6 Å². The van der Waals surface area contributed by atoms with E-state index in [9.17, 15) is 4.79 Å². The number of rotatable bonds is 2. The number of carbonyl (C=O) groups excluding carboxylic acids is 1. The molecule has 0 heterocycles. The van der Waals surface area contributed by atoms with E-state index in [-0.39, 0.29) is 18.2 Å². The van der Waals surface area contributed by atoms with Crippen LogP contribution in [0.5, 0.6) is 0 Å². The van der Waals surface area contributed by atoms with E-state index in [1.54, 1.807) is 0 Å². The number of hydrogen-bond acceptors (Lipinski definition) is 1. The third-order valence-corrected chi connectivity index (χ3v) is 2.76. The van der Waals surface area contributed by atoms with Gasteiger partial charge in [0.2, 0.25) is 5.78 Å². The highest BCUT2D eigenvalue weighted by Crippen LogP contribution is 2.30. The molecule has 0 aromatic rings. The predicted molar refractivity (Wildman–Crippen MR) is 47.6 cm³/mol. The average molecular weight is 165 g/mol. The molecule has 0 unspecified atom stereocenters. The number of carbonyl (C=O) groups is 1. The minimum Gasteiger partial charge on any atom is -0.309 e. The van der Waals surface area contributed by atoms with E-state index in [0.29, 0.717) is 5.92 Å². The van der Waals surface area contributed by atoms with Gasteiger partial charge in [0.25, 0.3) is 6.54 Å². The van der Waals surface area contributed by atoms with Gasteiger partial charge in [-0.3, -0.25) is 4.79 Å². The van der Waals surface area contributed by atoms with E-state index in [1.807, 2.05) is 0 Å². The molecule has 2 nitrogen and oxygen atoms in total. The lowest BCUT2D eigenvalue weighted by Gasteiger charge is -2.25. The van der Waals surface area contributed by atoms with Gasteiger partial charge in [0.15, 0.2) is 0 Å². The molecule has 0 aromatic heterocycles. The van der Waals surface area contributed by atoms with Crippen molar-refractivity contribution in [1.82, 2.24) is 0 Å². The average Bonchev–Trinajstić information content (AvgIpc) is 2.05. The summed E-state index contributed by atoms with van der Waals surface area (Å²) in [6.07, 6.45) is 4.59. The summed E-state index contributed by atoms with van der Waals surface area (Å²) >= 11 is 0. The second kappa shape index (κ2) is 4.25. The van der Waals surface area contributed by atoms with Gasteiger partial charge < -0.3 is 4.85 Å². The summed E-state index contributed by atoms with van der Waals surface area (Å²) in [7, 11) is 0. The summed E-state index contributed by atoms with van der Waals surface area (Å²) in [4.78, 5) is 14.5. The lowest BCUT2D eigenvalue weighted by Crippen LogP contribution is -2.26. The molecule has 0 bridgehead atoms. The first kappa shape index (κ1) is 9.25. The molecular weight excluding hydrogens is 150 g/mol. The zero-order valence-electron chi connectivity index (χ0n) is 7.55. The molecule has 0 spiro atoms. The van der Waals surface area contributed by atoms with E-state index in [1.165, 1.54) is 12.8 Å². The minimum atomic E-state index is 0.0923. The van der Waals surface area contributed by atoms with Crippen LogP contribution in [0.3, 0.4) is 0 Å². The van der Waals surface area contributed by atoms with Crippen LogP contribution < -0.4 is 0 Å². The summed E-state index contributed by atoms with van der Waals surface area (Å²) in [6.45, 7) is 8.84. The smallest absolute Gasteiger partial charge is 0.272 e. The van der Waals surface area contributed by atoms with Crippen molar-refractivity contribution in [1.29, 1.82) is 0 Å². The zero-order chi connectivity index (χ0) is 8.97. The van der Waals surface area contributed by atoms with E-state index >= 15 is 0 Å². The van der Waals surface area contributed by atoms with Gasteiger partial charge in [-0.15, -0.1) is 0 Å². The third kappa shape index (κ3) is 2.07. The van der Waals surface area contributed by atoms with E-state index in [4.69, 9.17) is 6.57 Å². The maximum absolute atomic E-state index is 11.4. The summed E-state index contributed by atoms with van der Waals surface area (Å²) in [5.41, 5.74) is 0. The predicted octanol–water partition coefficient (Wildman–Crippen LogP) is 2.30. The molecule has 1 aliphatic rings. The van der Waals surface area contributed by atoms with E-state index in [2.05, 4.69) is 11.8 Å². The Balaban J connectivity index is 2.49. The van der Waals surface area contributed by atoms with E-state index in [0.717, 1.165) is 12.8 Å². The normalized spacial score (nSPS) is 29.3. The highest BCUT2D eigenvalue weighted by molar-refractivity contribution is 5.84. The second-order valence-corrected chi connectivity index (χ2v) is 3.65. The lowest BCUT2D eigenvalue weighted by atomic mass is 9.78. The molecule has 0 radical (unpaired) electrons. The van der Waals surface area contributed by atoms with Crippen molar-refractivity contribution in [3.8, 4) is 0 Å². The van der Waals surface area contributed by atoms with Crippen LogP contribution in [0.1, 0.15) is 32.6 Å². The number of Topliss-reactive ketones (excluding diaryl/α,β-unsaturated/α-hetero) is 1. The van der Waals surface area contributed by atoms with Gasteiger partial charge in [0, 0.05) is 5.92 Å². The van der Waals surface area contributed by atoms with Crippen LogP contribution in [0.2, 0.25) is 0 Å². The molecule has 0 amide bonds. The molecule has 12 heavy (non-hydrogen) atoms. The Labute approximate surface area is 73.8 Å². The van der Waals surface area contributed by atoms with E-state index < -0.39 is 0 Å². The first-order chi connectivity index (χ1) is 5.75. The SMILES string of the molecule is [C-]#[N+]CC(=O)[C@@H]1CCCC[C@H]1C. The molecule has 1 aliphatic carbocycles.